The molecule has 0 bridgehead atoms. The molecule has 6 nitrogen and oxygen atoms in total. The van der Waals surface area contributed by atoms with E-state index < -0.39 is 0 Å². The third-order valence-electron chi connectivity index (χ3n) is 7.60. The summed E-state index contributed by atoms with van der Waals surface area (Å²) in [6.45, 7) is 3.99. The highest BCUT2D eigenvalue weighted by molar-refractivity contribution is 5.85. The molecule has 6 heteroatoms. The number of carbonyl (C=O) groups is 2. The number of hydrogen-bond donors (Lipinski definition) is 0. The van der Waals surface area contributed by atoms with Gasteiger partial charge < -0.3 is 9.47 Å². The highest BCUT2D eigenvalue weighted by atomic mass is 16.5. The van der Waals surface area contributed by atoms with E-state index in [4.69, 9.17) is 9.47 Å². The van der Waals surface area contributed by atoms with Crippen LogP contribution in [0.2, 0.25) is 0 Å². The number of hydrogen-bond acceptors (Lipinski definition) is 6. The summed E-state index contributed by atoms with van der Waals surface area (Å²) in [6, 6.07) is 28.2. The van der Waals surface area contributed by atoms with Gasteiger partial charge in [0.25, 0.3) is 0 Å². The minimum Gasteiger partial charge on any atom is -0.493 e. The van der Waals surface area contributed by atoms with Crippen LogP contribution < -0.4 is 4.74 Å². The Morgan fingerprint density at radius 2 is 1.45 bits per heavy atom. The van der Waals surface area contributed by atoms with Gasteiger partial charge in [0.05, 0.1) is 26.4 Å². The van der Waals surface area contributed by atoms with E-state index in [-0.39, 0.29) is 11.6 Å². The van der Waals surface area contributed by atoms with Crippen molar-refractivity contribution >= 4 is 11.6 Å². The summed E-state index contributed by atoms with van der Waals surface area (Å²) in [7, 11) is 0. The van der Waals surface area contributed by atoms with Crippen molar-refractivity contribution in [2.45, 2.75) is 32.1 Å². The first-order valence-electron chi connectivity index (χ1n) is 14.7. The predicted molar refractivity (Wildman–Crippen MR) is 165 cm³/mol. The van der Waals surface area contributed by atoms with Crippen LogP contribution >= 0.6 is 0 Å². The van der Waals surface area contributed by atoms with E-state index >= 15 is 0 Å². The summed E-state index contributed by atoms with van der Waals surface area (Å²) in [4.78, 5) is 31.7. The molecule has 0 unspecified atom stereocenters. The molecule has 4 aromatic rings. The molecule has 0 aliphatic carbocycles. The molecule has 0 atom stereocenters. The molecule has 1 aromatic heterocycles. The zero-order valence-electron chi connectivity index (χ0n) is 24.0. The van der Waals surface area contributed by atoms with E-state index in [1.165, 1.54) is 5.56 Å². The van der Waals surface area contributed by atoms with Gasteiger partial charge in [0, 0.05) is 51.2 Å². The summed E-state index contributed by atoms with van der Waals surface area (Å²) < 4.78 is 11.5. The fraction of sp³-hybridized carbons (Fsp3) is 0.306. The zero-order valence-corrected chi connectivity index (χ0v) is 24.0. The standard InChI is InChI=1S/C36H38N2O4/c39-32(14-11-29-6-5-18-37-26-29)24-28-12-15-34(16-13-28)42-21-17-30-7-1-3-9-35(30)36-10-4-2-8-31(36)25-33(40)27-38-19-22-41-23-20-38/h1-10,12-13,15-16,18,26H,11,14,17,19-25,27H2. The highest BCUT2D eigenvalue weighted by Crippen LogP contribution is 2.28. The second-order valence-corrected chi connectivity index (χ2v) is 10.7. The van der Waals surface area contributed by atoms with Gasteiger partial charge in [-0.3, -0.25) is 19.5 Å². The number of Topliss-reactive ketones (excluding diaryl/α,β-unsaturated/α-hetero) is 2. The average Bonchev–Trinajstić information content (AvgIpc) is 3.02. The first kappa shape index (κ1) is 29.4. The van der Waals surface area contributed by atoms with Gasteiger partial charge in [-0.1, -0.05) is 66.7 Å². The molecule has 42 heavy (non-hydrogen) atoms. The number of carbonyl (C=O) groups excluding carboxylic acids is 2. The quantitative estimate of drug-likeness (QED) is 0.201. The van der Waals surface area contributed by atoms with Crippen molar-refractivity contribution in [1.82, 2.24) is 9.88 Å². The maximum absolute atomic E-state index is 12.9. The van der Waals surface area contributed by atoms with Crippen molar-refractivity contribution in [3.05, 3.63) is 120 Å². The summed E-state index contributed by atoms with van der Waals surface area (Å²) >= 11 is 0. The lowest BCUT2D eigenvalue weighted by atomic mass is 9.92. The molecule has 3 aromatic carbocycles. The SMILES string of the molecule is O=C(CCc1cccnc1)Cc1ccc(OCCc2ccccc2-c2ccccc2CC(=O)CN2CCOCC2)cc1. The van der Waals surface area contributed by atoms with Gasteiger partial charge >= 0.3 is 0 Å². The average molecular weight is 563 g/mol. The summed E-state index contributed by atoms with van der Waals surface area (Å²) in [5.74, 6) is 1.23. The van der Waals surface area contributed by atoms with Crippen molar-refractivity contribution < 1.29 is 19.1 Å². The molecular formula is C36H38N2O4. The molecule has 1 saturated heterocycles. The summed E-state index contributed by atoms with van der Waals surface area (Å²) in [6.07, 6.45) is 6.34. The second-order valence-electron chi connectivity index (χ2n) is 10.7. The van der Waals surface area contributed by atoms with Crippen LogP contribution in [-0.2, 0) is 40.0 Å². The Labute approximate surface area is 248 Å². The monoisotopic (exact) mass is 562 g/mol. The van der Waals surface area contributed by atoms with Crippen molar-refractivity contribution in [2.75, 3.05) is 39.5 Å². The number of benzene rings is 3. The van der Waals surface area contributed by atoms with Crippen LogP contribution in [-0.4, -0.2) is 60.9 Å². The van der Waals surface area contributed by atoms with Crippen molar-refractivity contribution in [3.63, 3.8) is 0 Å². The Bertz CT molecular complexity index is 1450. The lowest BCUT2D eigenvalue weighted by Crippen LogP contribution is -2.39. The van der Waals surface area contributed by atoms with E-state index in [1.807, 2.05) is 66.9 Å². The topological polar surface area (TPSA) is 68.7 Å². The van der Waals surface area contributed by atoms with Crippen LogP contribution in [0.4, 0.5) is 0 Å². The Morgan fingerprint density at radius 3 is 2.19 bits per heavy atom. The summed E-state index contributed by atoms with van der Waals surface area (Å²) in [5.41, 5.74) is 6.54. The van der Waals surface area contributed by atoms with Crippen LogP contribution in [0.25, 0.3) is 11.1 Å². The third-order valence-corrected chi connectivity index (χ3v) is 7.60. The molecule has 0 radical (unpaired) electrons. The smallest absolute Gasteiger partial charge is 0.151 e. The van der Waals surface area contributed by atoms with Crippen LogP contribution in [0, 0.1) is 0 Å². The Morgan fingerprint density at radius 1 is 0.738 bits per heavy atom. The highest BCUT2D eigenvalue weighted by Gasteiger charge is 2.17. The fourth-order valence-corrected chi connectivity index (χ4v) is 5.34. The lowest BCUT2D eigenvalue weighted by Gasteiger charge is -2.25. The molecular weight excluding hydrogens is 524 g/mol. The van der Waals surface area contributed by atoms with E-state index in [1.54, 1.807) is 6.20 Å². The van der Waals surface area contributed by atoms with E-state index in [9.17, 15) is 9.59 Å². The minimum absolute atomic E-state index is 0.215. The third kappa shape index (κ3) is 8.68. The number of morpholine rings is 1. The molecule has 1 fully saturated rings. The number of ketones is 2. The first-order chi connectivity index (χ1) is 20.6. The molecule has 2 heterocycles. The van der Waals surface area contributed by atoms with Gasteiger partial charge in [0.2, 0.25) is 0 Å². The van der Waals surface area contributed by atoms with E-state index in [0.29, 0.717) is 52.0 Å². The van der Waals surface area contributed by atoms with E-state index in [2.05, 4.69) is 34.1 Å². The van der Waals surface area contributed by atoms with Gasteiger partial charge in [0.1, 0.15) is 11.5 Å². The zero-order chi connectivity index (χ0) is 29.0. The maximum Gasteiger partial charge on any atom is 0.151 e. The number of rotatable bonds is 14. The number of aryl methyl sites for hydroxylation is 1. The number of aromatic nitrogens is 1. The molecule has 0 amide bonds. The largest absolute Gasteiger partial charge is 0.493 e. The normalized spacial score (nSPS) is 13.5. The Balaban J connectivity index is 1.14. The Hall–Kier alpha value is -4.13. The van der Waals surface area contributed by atoms with Crippen LogP contribution in [0.1, 0.15) is 28.7 Å². The molecule has 5 rings (SSSR count). The van der Waals surface area contributed by atoms with E-state index in [0.717, 1.165) is 53.1 Å². The number of nitrogens with zero attached hydrogens (tertiary/aromatic N) is 2. The molecule has 216 valence electrons. The van der Waals surface area contributed by atoms with Crippen molar-refractivity contribution in [3.8, 4) is 16.9 Å². The van der Waals surface area contributed by atoms with Gasteiger partial charge in [-0.2, -0.15) is 0 Å². The Kier molecular flexibility index (Phi) is 10.6. The van der Waals surface area contributed by atoms with Gasteiger partial charge in [-0.05, 0) is 58.0 Å². The lowest BCUT2D eigenvalue weighted by molar-refractivity contribution is -0.120. The number of pyridine rings is 1. The minimum atomic E-state index is 0.215. The van der Waals surface area contributed by atoms with Crippen molar-refractivity contribution in [2.24, 2.45) is 0 Å². The van der Waals surface area contributed by atoms with Crippen LogP contribution in [0.15, 0.2) is 97.3 Å². The maximum atomic E-state index is 12.9. The van der Waals surface area contributed by atoms with Gasteiger partial charge in [0.15, 0.2) is 5.78 Å². The molecule has 0 spiro atoms. The molecule has 0 N–H and O–H groups in total. The van der Waals surface area contributed by atoms with Crippen molar-refractivity contribution in [1.29, 1.82) is 0 Å². The van der Waals surface area contributed by atoms with Crippen LogP contribution in [0.5, 0.6) is 5.75 Å². The molecule has 0 saturated carbocycles. The summed E-state index contributed by atoms with van der Waals surface area (Å²) in [5, 5.41) is 0. The molecule has 1 aliphatic heterocycles. The fourth-order valence-electron chi connectivity index (χ4n) is 5.34. The second kappa shape index (κ2) is 15.2. The molecule has 1 aliphatic rings. The van der Waals surface area contributed by atoms with Crippen LogP contribution in [0.3, 0.4) is 0 Å². The predicted octanol–water partition coefficient (Wildman–Crippen LogP) is 5.56. The number of ether oxygens (including phenoxy) is 2. The first-order valence-corrected chi connectivity index (χ1v) is 14.7. The van der Waals surface area contributed by atoms with Gasteiger partial charge in [-0.25, -0.2) is 0 Å². The van der Waals surface area contributed by atoms with Gasteiger partial charge in [-0.15, -0.1) is 0 Å².